The Morgan fingerprint density at radius 2 is 2.00 bits per heavy atom. The van der Waals surface area contributed by atoms with Crippen LogP contribution in [-0.4, -0.2) is 17.2 Å². The van der Waals surface area contributed by atoms with Crippen molar-refractivity contribution in [2.24, 2.45) is 0 Å². The molecule has 1 aromatic rings. The van der Waals surface area contributed by atoms with Crippen molar-refractivity contribution >= 4 is 0 Å². The van der Waals surface area contributed by atoms with Gasteiger partial charge in [0.1, 0.15) is 5.75 Å². The fourth-order valence-corrected chi connectivity index (χ4v) is 1.33. The largest absolute Gasteiger partial charge is 0.496 e. The van der Waals surface area contributed by atoms with E-state index >= 15 is 0 Å². The van der Waals surface area contributed by atoms with E-state index in [1.807, 2.05) is 0 Å². The normalized spacial score (nSPS) is 12.0. The number of hydrogen-bond donors (Lipinski definition) is 1. The molecule has 1 aromatic heterocycles. The molecule has 0 atom stereocenters. The Morgan fingerprint density at radius 1 is 1.41 bits per heavy atom. The Bertz CT molecular complexity index is 405. The van der Waals surface area contributed by atoms with Gasteiger partial charge >= 0.3 is 6.18 Å². The maximum absolute atomic E-state index is 12.6. The van der Waals surface area contributed by atoms with E-state index < -0.39 is 36.2 Å². The maximum Gasteiger partial charge on any atom is 0.433 e. The summed E-state index contributed by atoms with van der Waals surface area (Å²) in [5.74, 6) is -0.690. The van der Waals surface area contributed by atoms with Crippen molar-refractivity contribution in [1.82, 2.24) is 4.98 Å². The summed E-state index contributed by atoms with van der Waals surface area (Å²) >= 11 is 0. The van der Waals surface area contributed by atoms with Crippen LogP contribution in [0.2, 0.25) is 0 Å². The number of halogens is 5. The number of pyridine rings is 1. The zero-order valence-electron chi connectivity index (χ0n) is 8.55. The highest BCUT2D eigenvalue weighted by molar-refractivity contribution is 5.44. The van der Waals surface area contributed by atoms with E-state index in [-0.39, 0.29) is 5.56 Å². The fraction of sp³-hybridized carbons (Fsp3) is 0.444. The van der Waals surface area contributed by atoms with Gasteiger partial charge in [-0.2, -0.15) is 13.2 Å². The summed E-state index contributed by atoms with van der Waals surface area (Å²) in [4.78, 5) is 2.91. The quantitative estimate of drug-likeness (QED) is 0.846. The van der Waals surface area contributed by atoms with Crippen LogP contribution in [0.25, 0.3) is 0 Å². The first-order chi connectivity index (χ1) is 7.82. The third-order valence-electron chi connectivity index (χ3n) is 2.00. The average Bonchev–Trinajstić information content (AvgIpc) is 2.25. The summed E-state index contributed by atoms with van der Waals surface area (Å²) in [5, 5.41) is 8.80. The predicted octanol–water partition coefficient (Wildman–Crippen LogP) is 2.54. The van der Waals surface area contributed by atoms with E-state index in [4.69, 9.17) is 5.11 Å². The number of methoxy groups -OCH3 is 1. The second-order valence-corrected chi connectivity index (χ2v) is 3.04. The van der Waals surface area contributed by atoms with E-state index in [9.17, 15) is 22.0 Å². The van der Waals surface area contributed by atoms with E-state index in [1.165, 1.54) is 0 Å². The zero-order chi connectivity index (χ0) is 13.2. The van der Waals surface area contributed by atoms with Crippen LogP contribution in [-0.2, 0) is 12.8 Å². The highest BCUT2D eigenvalue weighted by atomic mass is 19.4. The first-order valence-corrected chi connectivity index (χ1v) is 4.34. The highest BCUT2D eigenvalue weighted by Crippen LogP contribution is 2.41. The van der Waals surface area contributed by atoms with Crippen molar-refractivity contribution in [3.63, 3.8) is 0 Å². The number of aromatic nitrogens is 1. The van der Waals surface area contributed by atoms with Crippen LogP contribution in [0.4, 0.5) is 22.0 Å². The van der Waals surface area contributed by atoms with Crippen molar-refractivity contribution in [3.05, 3.63) is 23.0 Å². The molecule has 17 heavy (non-hydrogen) atoms. The van der Waals surface area contributed by atoms with Gasteiger partial charge < -0.3 is 9.84 Å². The molecule has 3 nitrogen and oxygen atoms in total. The molecule has 0 radical (unpaired) electrons. The molecule has 0 bridgehead atoms. The minimum atomic E-state index is -5.01. The lowest BCUT2D eigenvalue weighted by atomic mass is 10.1. The van der Waals surface area contributed by atoms with Gasteiger partial charge in [0, 0.05) is 11.8 Å². The van der Waals surface area contributed by atoms with Crippen LogP contribution < -0.4 is 4.74 Å². The molecular weight excluding hydrogens is 249 g/mol. The van der Waals surface area contributed by atoms with Crippen molar-refractivity contribution in [3.8, 4) is 5.75 Å². The Hall–Kier alpha value is -1.44. The second-order valence-electron chi connectivity index (χ2n) is 3.04. The van der Waals surface area contributed by atoms with Gasteiger partial charge in [-0.05, 0) is 0 Å². The summed E-state index contributed by atoms with van der Waals surface area (Å²) in [5.41, 5.74) is -3.29. The molecule has 0 amide bonds. The molecule has 1 N–H and O–H groups in total. The third-order valence-corrected chi connectivity index (χ3v) is 2.00. The molecule has 0 saturated carbocycles. The summed E-state index contributed by atoms with van der Waals surface area (Å²) in [7, 11) is 0.945. The zero-order valence-corrected chi connectivity index (χ0v) is 8.55. The molecule has 1 heterocycles. The van der Waals surface area contributed by atoms with Gasteiger partial charge in [0.25, 0.3) is 6.43 Å². The minimum absolute atomic E-state index is 0.226. The smallest absolute Gasteiger partial charge is 0.433 e. The van der Waals surface area contributed by atoms with Crippen LogP contribution >= 0.6 is 0 Å². The van der Waals surface area contributed by atoms with Crippen molar-refractivity contribution in [2.45, 2.75) is 19.2 Å². The lowest BCUT2D eigenvalue weighted by molar-refractivity contribution is -0.143. The number of rotatable bonds is 3. The number of ether oxygens (including phenoxy) is 1. The number of aliphatic hydroxyl groups excluding tert-OH is 1. The molecule has 0 saturated heterocycles. The summed E-state index contributed by atoms with van der Waals surface area (Å²) in [6, 6.07) is 0. The predicted molar refractivity (Wildman–Crippen MR) is 46.7 cm³/mol. The number of hydrogen-bond acceptors (Lipinski definition) is 3. The molecule has 0 fully saturated rings. The summed E-state index contributed by atoms with van der Waals surface area (Å²) in [6.07, 6.45) is -7.75. The Balaban J connectivity index is 3.54. The highest BCUT2D eigenvalue weighted by Gasteiger charge is 2.40. The van der Waals surface area contributed by atoms with Gasteiger partial charge in [-0.3, -0.25) is 4.98 Å². The van der Waals surface area contributed by atoms with Crippen LogP contribution in [0.3, 0.4) is 0 Å². The van der Waals surface area contributed by atoms with Gasteiger partial charge in [-0.1, -0.05) is 0 Å². The van der Waals surface area contributed by atoms with E-state index in [0.717, 1.165) is 7.11 Å². The molecule has 1 rings (SSSR count). The van der Waals surface area contributed by atoms with Gasteiger partial charge in [0.15, 0.2) is 5.69 Å². The first-order valence-electron chi connectivity index (χ1n) is 4.34. The van der Waals surface area contributed by atoms with Gasteiger partial charge in [-0.25, -0.2) is 8.78 Å². The molecule has 0 aliphatic carbocycles. The lowest BCUT2D eigenvalue weighted by Crippen LogP contribution is -2.14. The SMILES string of the molecule is COc1c(CO)cnc(C(F)(F)F)c1C(F)F. The number of alkyl halides is 5. The molecule has 0 spiro atoms. The number of nitrogens with zero attached hydrogens (tertiary/aromatic N) is 1. The van der Waals surface area contributed by atoms with Crippen molar-refractivity contribution in [2.75, 3.05) is 7.11 Å². The monoisotopic (exact) mass is 257 g/mol. The Labute approximate surface area is 92.8 Å². The third kappa shape index (κ3) is 2.63. The van der Waals surface area contributed by atoms with Crippen molar-refractivity contribution in [1.29, 1.82) is 0 Å². The van der Waals surface area contributed by atoms with Crippen molar-refractivity contribution < 1.29 is 31.8 Å². The van der Waals surface area contributed by atoms with Crippen LogP contribution in [0.1, 0.15) is 23.2 Å². The molecule has 8 heteroatoms. The Kier molecular flexibility index (Phi) is 3.87. The van der Waals surface area contributed by atoms with Crippen LogP contribution in [0.5, 0.6) is 5.75 Å². The second kappa shape index (κ2) is 4.82. The fourth-order valence-electron chi connectivity index (χ4n) is 1.33. The molecule has 96 valence electrons. The maximum atomic E-state index is 12.6. The minimum Gasteiger partial charge on any atom is -0.496 e. The molecule has 0 aliphatic heterocycles. The summed E-state index contributed by atoms with van der Waals surface area (Å²) < 4.78 is 67.1. The van der Waals surface area contributed by atoms with E-state index in [0.29, 0.717) is 6.20 Å². The topological polar surface area (TPSA) is 42.4 Å². The van der Waals surface area contributed by atoms with Gasteiger partial charge in [-0.15, -0.1) is 0 Å². The standard InChI is InChI=1S/C9H8F5NO2/c1-17-6-4(3-16)2-15-7(9(12,13)14)5(6)8(10)11/h2,8,16H,3H2,1H3. The van der Waals surface area contributed by atoms with E-state index in [1.54, 1.807) is 0 Å². The van der Waals surface area contributed by atoms with Gasteiger partial charge in [0.2, 0.25) is 0 Å². The van der Waals surface area contributed by atoms with Crippen LogP contribution in [0, 0.1) is 0 Å². The summed E-state index contributed by atoms with van der Waals surface area (Å²) in [6.45, 7) is -0.742. The molecule has 0 aliphatic rings. The lowest BCUT2D eigenvalue weighted by Gasteiger charge is -2.16. The number of aliphatic hydroxyl groups is 1. The molecule has 0 aromatic carbocycles. The van der Waals surface area contributed by atoms with Gasteiger partial charge in [0.05, 0.1) is 19.3 Å². The molecular formula is C9H8F5NO2. The molecule has 0 unspecified atom stereocenters. The van der Waals surface area contributed by atoms with Crippen LogP contribution in [0.15, 0.2) is 6.20 Å². The van der Waals surface area contributed by atoms with E-state index in [2.05, 4.69) is 9.72 Å². The Morgan fingerprint density at radius 3 is 2.35 bits per heavy atom. The first kappa shape index (κ1) is 13.6. The average molecular weight is 257 g/mol.